The van der Waals surface area contributed by atoms with Crippen LogP contribution in [0.2, 0.25) is 0 Å². The fourth-order valence-electron chi connectivity index (χ4n) is 5.31. The van der Waals surface area contributed by atoms with Gasteiger partial charge in [0.05, 0.1) is 32.9 Å². The number of para-hydroxylation sites is 1. The fraction of sp³-hybridized carbons (Fsp3) is 0.300. The molecule has 1 aliphatic heterocycles. The number of aromatic nitrogens is 1. The number of H-pyrrole nitrogens is 1. The van der Waals surface area contributed by atoms with Crippen LogP contribution in [0.3, 0.4) is 0 Å². The van der Waals surface area contributed by atoms with Crippen LogP contribution in [0.5, 0.6) is 17.2 Å². The summed E-state index contributed by atoms with van der Waals surface area (Å²) in [4.78, 5) is 17.1. The van der Waals surface area contributed by atoms with E-state index in [4.69, 9.17) is 14.2 Å². The topological polar surface area (TPSA) is 84.6 Å². The smallest absolute Gasteiger partial charge is 0.237 e. The molecule has 3 aromatic carbocycles. The lowest BCUT2D eigenvalue weighted by atomic mass is 9.80. The first kappa shape index (κ1) is 24.7. The quantitative estimate of drug-likeness (QED) is 0.336. The van der Waals surface area contributed by atoms with Gasteiger partial charge in [0, 0.05) is 23.1 Å². The molecular weight excluding hydrogens is 466 g/mol. The first-order chi connectivity index (χ1) is 18.0. The molecule has 0 spiro atoms. The second-order valence-electron chi connectivity index (χ2n) is 9.51. The van der Waals surface area contributed by atoms with Gasteiger partial charge in [0.2, 0.25) is 5.91 Å². The summed E-state index contributed by atoms with van der Waals surface area (Å²) in [5.41, 5.74) is 4.88. The summed E-state index contributed by atoms with van der Waals surface area (Å²) in [7, 11) is 4.90. The number of amides is 1. The minimum absolute atomic E-state index is 0.0175. The summed E-state index contributed by atoms with van der Waals surface area (Å²) in [6.07, 6.45) is 1.29. The van der Waals surface area contributed by atoms with Gasteiger partial charge in [0.25, 0.3) is 0 Å². The maximum Gasteiger partial charge on any atom is 0.237 e. The van der Waals surface area contributed by atoms with Crippen molar-refractivity contribution < 1.29 is 19.0 Å². The maximum atomic E-state index is 13.5. The molecule has 2 atom stereocenters. The number of nitrogens with one attached hydrogen (secondary N) is 3. The van der Waals surface area contributed by atoms with E-state index in [1.807, 2.05) is 42.5 Å². The first-order valence-electron chi connectivity index (χ1n) is 12.5. The van der Waals surface area contributed by atoms with Crippen LogP contribution in [0, 0.1) is 0 Å². The van der Waals surface area contributed by atoms with Crippen molar-refractivity contribution in [2.24, 2.45) is 0 Å². The van der Waals surface area contributed by atoms with Crippen LogP contribution < -0.4 is 24.8 Å². The largest absolute Gasteiger partial charge is 0.497 e. The Morgan fingerprint density at radius 1 is 0.973 bits per heavy atom. The average Bonchev–Trinajstić information content (AvgIpc) is 3.32. The molecule has 37 heavy (non-hydrogen) atoms. The highest BCUT2D eigenvalue weighted by Gasteiger charge is 2.42. The van der Waals surface area contributed by atoms with Gasteiger partial charge < -0.3 is 24.5 Å². The Morgan fingerprint density at radius 2 is 1.73 bits per heavy atom. The van der Waals surface area contributed by atoms with Crippen molar-refractivity contribution in [2.75, 3.05) is 27.9 Å². The highest BCUT2D eigenvalue weighted by atomic mass is 16.5. The molecule has 192 valence electrons. The molecule has 1 amide bonds. The van der Waals surface area contributed by atoms with Crippen LogP contribution in [-0.2, 0) is 23.2 Å². The van der Waals surface area contributed by atoms with Crippen molar-refractivity contribution in [1.82, 2.24) is 15.6 Å². The molecule has 3 N–H and O–H groups in total. The summed E-state index contributed by atoms with van der Waals surface area (Å²) in [6.45, 7) is 2.65. The molecule has 0 radical (unpaired) electrons. The molecule has 7 heteroatoms. The molecule has 5 rings (SSSR count). The SMILES string of the molecule is COc1ccc([C@@]2(C)N[C@H](C(=O)NCCc3ccc(OC)c(OC)c3)Cc3c2[nH]c2ccccc32)cc1. The third-order valence-electron chi connectivity index (χ3n) is 7.33. The van der Waals surface area contributed by atoms with Gasteiger partial charge in [0.15, 0.2) is 11.5 Å². The Kier molecular flexibility index (Phi) is 6.80. The number of ether oxygens (including phenoxy) is 3. The lowest BCUT2D eigenvalue weighted by molar-refractivity contribution is -0.123. The number of rotatable bonds is 8. The van der Waals surface area contributed by atoms with Crippen LogP contribution in [0.1, 0.15) is 29.3 Å². The predicted octanol–water partition coefficient (Wildman–Crippen LogP) is 4.33. The number of benzene rings is 3. The molecule has 2 heterocycles. The van der Waals surface area contributed by atoms with Crippen molar-refractivity contribution in [1.29, 1.82) is 0 Å². The Balaban J connectivity index is 1.39. The maximum absolute atomic E-state index is 13.5. The number of methoxy groups -OCH3 is 3. The van der Waals surface area contributed by atoms with E-state index in [1.165, 1.54) is 5.56 Å². The number of hydrogen-bond acceptors (Lipinski definition) is 5. The fourth-order valence-corrected chi connectivity index (χ4v) is 5.31. The molecule has 0 saturated carbocycles. The minimum Gasteiger partial charge on any atom is -0.497 e. The molecule has 0 aliphatic carbocycles. The van der Waals surface area contributed by atoms with E-state index in [2.05, 4.69) is 46.8 Å². The van der Waals surface area contributed by atoms with Crippen LogP contribution in [0.4, 0.5) is 0 Å². The van der Waals surface area contributed by atoms with E-state index in [-0.39, 0.29) is 11.9 Å². The highest BCUT2D eigenvalue weighted by molar-refractivity contribution is 5.89. The highest BCUT2D eigenvalue weighted by Crippen LogP contribution is 2.39. The van der Waals surface area contributed by atoms with Crippen LogP contribution in [0.15, 0.2) is 66.7 Å². The third kappa shape index (κ3) is 4.62. The molecule has 0 fully saturated rings. The summed E-state index contributed by atoms with van der Waals surface area (Å²) < 4.78 is 16.1. The molecular formula is C30H33N3O4. The Morgan fingerprint density at radius 3 is 2.46 bits per heavy atom. The standard InChI is InChI=1S/C30H33N3O4/c1-30(20-10-12-21(35-2)13-11-20)28-23(22-7-5-6-8-24(22)32-28)18-25(33-30)29(34)31-16-15-19-9-14-26(36-3)27(17-19)37-4/h5-14,17,25,32-33H,15-16,18H2,1-4H3,(H,31,34)/t25-,30+/m0/s1. The zero-order valence-electron chi connectivity index (χ0n) is 21.7. The molecule has 4 aromatic rings. The van der Waals surface area contributed by atoms with E-state index in [0.717, 1.165) is 33.5 Å². The molecule has 0 saturated heterocycles. The van der Waals surface area contributed by atoms with Gasteiger partial charge in [-0.05, 0) is 66.8 Å². The summed E-state index contributed by atoms with van der Waals surface area (Å²) >= 11 is 0. The van der Waals surface area contributed by atoms with Crippen molar-refractivity contribution in [3.05, 3.63) is 89.1 Å². The van der Waals surface area contributed by atoms with Gasteiger partial charge in [-0.2, -0.15) is 0 Å². The molecule has 0 unspecified atom stereocenters. The molecule has 0 bridgehead atoms. The second kappa shape index (κ2) is 10.2. The minimum atomic E-state index is -0.579. The van der Waals surface area contributed by atoms with Crippen molar-refractivity contribution >= 4 is 16.8 Å². The number of aromatic amines is 1. The summed E-state index contributed by atoms with van der Waals surface area (Å²) in [5.74, 6) is 2.15. The molecule has 1 aliphatic rings. The molecule has 7 nitrogen and oxygen atoms in total. The number of fused-ring (bicyclic) bond motifs is 3. The third-order valence-corrected chi connectivity index (χ3v) is 7.33. The average molecular weight is 500 g/mol. The number of carbonyl (C=O) groups is 1. The van der Waals surface area contributed by atoms with E-state index in [1.54, 1.807) is 21.3 Å². The number of carbonyl (C=O) groups excluding carboxylic acids is 1. The predicted molar refractivity (Wildman–Crippen MR) is 145 cm³/mol. The Labute approximate surface area is 217 Å². The van der Waals surface area contributed by atoms with Crippen molar-refractivity contribution in [2.45, 2.75) is 31.3 Å². The summed E-state index contributed by atoms with van der Waals surface area (Å²) in [6, 6.07) is 21.7. The van der Waals surface area contributed by atoms with Crippen LogP contribution in [-0.4, -0.2) is 44.8 Å². The lowest BCUT2D eigenvalue weighted by Crippen LogP contribution is -2.57. The first-order valence-corrected chi connectivity index (χ1v) is 12.5. The number of hydrogen-bond donors (Lipinski definition) is 3. The summed E-state index contributed by atoms with van der Waals surface area (Å²) in [5, 5.41) is 7.96. The van der Waals surface area contributed by atoms with Gasteiger partial charge in [-0.25, -0.2) is 0 Å². The monoisotopic (exact) mass is 499 g/mol. The van der Waals surface area contributed by atoms with Gasteiger partial charge in [-0.3, -0.25) is 10.1 Å². The van der Waals surface area contributed by atoms with E-state index < -0.39 is 5.54 Å². The van der Waals surface area contributed by atoms with Crippen LogP contribution >= 0.6 is 0 Å². The zero-order chi connectivity index (χ0) is 26.0. The van der Waals surface area contributed by atoms with Gasteiger partial charge in [-0.15, -0.1) is 0 Å². The Bertz CT molecular complexity index is 1410. The normalized spacial score (nSPS) is 18.8. The Hall–Kier alpha value is -3.97. The van der Waals surface area contributed by atoms with Crippen LogP contribution in [0.25, 0.3) is 10.9 Å². The van der Waals surface area contributed by atoms with Crippen molar-refractivity contribution in [3.63, 3.8) is 0 Å². The van der Waals surface area contributed by atoms with Gasteiger partial charge in [0.1, 0.15) is 5.75 Å². The van der Waals surface area contributed by atoms with E-state index in [9.17, 15) is 4.79 Å². The van der Waals surface area contributed by atoms with E-state index >= 15 is 0 Å². The van der Waals surface area contributed by atoms with Gasteiger partial charge >= 0.3 is 0 Å². The van der Waals surface area contributed by atoms with E-state index in [0.29, 0.717) is 30.9 Å². The second-order valence-corrected chi connectivity index (χ2v) is 9.51. The van der Waals surface area contributed by atoms with Crippen molar-refractivity contribution in [3.8, 4) is 17.2 Å². The zero-order valence-corrected chi connectivity index (χ0v) is 21.7. The lowest BCUT2D eigenvalue weighted by Gasteiger charge is -2.40. The van der Waals surface area contributed by atoms with Gasteiger partial charge in [-0.1, -0.05) is 36.4 Å². The molecule has 1 aromatic heterocycles.